The minimum Gasteiger partial charge on any atom is -0.485 e. The van der Waals surface area contributed by atoms with Gasteiger partial charge in [0.05, 0.1) is 11.1 Å². The van der Waals surface area contributed by atoms with Crippen LogP contribution in [-0.2, 0) is 6.18 Å². The summed E-state index contributed by atoms with van der Waals surface area (Å²) in [6.07, 6.45) is -4.65. The highest BCUT2D eigenvalue weighted by Crippen LogP contribution is 2.30. The summed E-state index contributed by atoms with van der Waals surface area (Å²) < 4.78 is 55.9. The normalized spacial score (nSPS) is 11.2. The molecule has 0 saturated heterocycles. The van der Waals surface area contributed by atoms with Crippen LogP contribution in [-0.4, -0.2) is 12.4 Å². The van der Waals surface area contributed by atoms with Gasteiger partial charge in [0.2, 0.25) is 5.78 Å². The summed E-state index contributed by atoms with van der Waals surface area (Å²) >= 11 is 0. The molecule has 0 saturated carbocycles. The second kappa shape index (κ2) is 5.95. The third kappa shape index (κ3) is 3.81. The molecule has 0 aromatic heterocycles. The number of Topliss-reactive ketones (excluding diaryl/α,β-unsaturated/α-hetero) is 1. The second-order valence-corrected chi connectivity index (χ2v) is 4.22. The molecule has 0 radical (unpaired) electrons. The maximum Gasteiger partial charge on any atom is 0.416 e. The standard InChI is InChI=1S/C15H10F4O2/c16-13-8-10(15(17,18)19)6-7-12(13)14(20)9-21-11-4-2-1-3-5-11/h1-8H,9H2. The van der Waals surface area contributed by atoms with Gasteiger partial charge in [0, 0.05) is 0 Å². The van der Waals surface area contributed by atoms with E-state index >= 15 is 0 Å². The van der Waals surface area contributed by atoms with Crippen LogP contribution in [0.1, 0.15) is 15.9 Å². The number of ether oxygens (including phenoxy) is 1. The van der Waals surface area contributed by atoms with Crippen LogP contribution in [0, 0.1) is 5.82 Å². The summed E-state index contributed by atoms with van der Waals surface area (Å²) in [5.41, 5.74) is -1.57. The molecule has 110 valence electrons. The van der Waals surface area contributed by atoms with Crippen molar-refractivity contribution in [3.63, 3.8) is 0 Å². The maximum absolute atomic E-state index is 13.6. The molecule has 0 spiro atoms. The molecular formula is C15H10F4O2. The number of carbonyl (C=O) groups excluding carboxylic acids is 1. The van der Waals surface area contributed by atoms with Gasteiger partial charge in [-0.25, -0.2) is 4.39 Å². The molecule has 2 nitrogen and oxygen atoms in total. The lowest BCUT2D eigenvalue weighted by Crippen LogP contribution is -2.14. The Labute approximate surface area is 118 Å². The first-order chi connectivity index (χ1) is 9.88. The first-order valence-electron chi connectivity index (χ1n) is 5.96. The Morgan fingerprint density at radius 1 is 1.05 bits per heavy atom. The predicted molar refractivity (Wildman–Crippen MR) is 67.7 cm³/mol. The van der Waals surface area contributed by atoms with Gasteiger partial charge < -0.3 is 4.74 Å². The highest BCUT2D eigenvalue weighted by molar-refractivity contribution is 5.97. The van der Waals surface area contributed by atoms with E-state index in [0.717, 1.165) is 6.07 Å². The third-order valence-electron chi connectivity index (χ3n) is 2.71. The number of para-hydroxylation sites is 1. The Morgan fingerprint density at radius 3 is 2.29 bits per heavy atom. The van der Waals surface area contributed by atoms with Crippen molar-refractivity contribution in [1.29, 1.82) is 0 Å². The molecule has 2 aromatic carbocycles. The van der Waals surface area contributed by atoms with Crippen LogP contribution in [0.4, 0.5) is 17.6 Å². The number of hydrogen-bond donors (Lipinski definition) is 0. The van der Waals surface area contributed by atoms with Gasteiger partial charge in [0.1, 0.15) is 11.6 Å². The predicted octanol–water partition coefficient (Wildman–Crippen LogP) is 4.11. The molecule has 0 atom stereocenters. The number of hydrogen-bond acceptors (Lipinski definition) is 2. The fraction of sp³-hybridized carbons (Fsp3) is 0.133. The molecule has 0 N–H and O–H groups in total. The Morgan fingerprint density at radius 2 is 1.71 bits per heavy atom. The quantitative estimate of drug-likeness (QED) is 0.627. The molecule has 2 rings (SSSR count). The maximum atomic E-state index is 13.6. The number of carbonyl (C=O) groups is 1. The highest BCUT2D eigenvalue weighted by atomic mass is 19.4. The van der Waals surface area contributed by atoms with E-state index in [1.165, 1.54) is 0 Å². The molecule has 6 heteroatoms. The monoisotopic (exact) mass is 298 g/mol. The van der Waals surface area contributed by atoms with Crippen molar-refractivity contribution >= 4 is 5.78 Å². The summed E-state index contributed by atoms with van der Waals surface area (Å²) in [4.78, 5) is 11.8. The number of alkyl halides is 3. The zero-order valence-electron chi connectivity index (χ0n) is 10.7. The van der Waals surface area contributed by atoms with Crippen LogP contribution in [0.15, 0.2) is 48.5 Å². The van der Waals surface area contributed by atoms with Gasteiger partial charge in [-0.1, -0.05) is 18.2 Å². The molecule has 0 aliphatic heterocycles. The van der Waals surface area contributed by atoms with Crippen molar-refractivity contribution in [1.82, 2.24) is 0 Å². The van der Waals surface area contributed by atoms with Gasteiger partial charge in [0.25, 0.3) is 0 Å². The van der Waals surface area contributed by atoms with Crippen molar-refractivity contribution in [2.45, 2.75) is 6.18 Å². The van der Waals surface area contributed by atoms with E-state index in [-0.39, 0.29) is 0 Å². The van der Waals surface area contributed by atoms with Gasteiger partial charge in [0.15, 0.2) is 6.61 Å². The zero-order valence-corrected chi connectivity index (χ0v) is 10.7. The van der Waals surface area contributed by atoms with Crippen molar-refractivity contribution in [3.05, 3.63) is 65.5 Å². The molecule has 0 fully saturated rings. The number of benzene rings is 2. The Hall–Kier alpha value is -2.37. The Bertz CT molecular complexity index is 636. The Kier molecular flexibility index (Phi) is 4.26. The molecule has 0 amide bonds. The van der Waals surface area contributed by atoms with E-state index in [1.54, 1.807) is 30.3 Å². The smallest absolute Gasteiger partial charge is 0.416 e. The van der Waals surface area contributed by atoms with Crippen LogP contribution >= 0.6 is 0 Å². The van der Waals surface area contributed by atoms with Crippen molar-refractivity contribution in [3.8, 4) is 5.75 Å². The summed E-state index contributed by atoms with van der Waals surface area (Å²) in [5, 5.41) is 0. The van der Waals surface area contributed by atoms with E-state index in [0.29, 0.717) is 17.9 Å². The minimum atomic E-state index is -4.65. The summed E-state index contributed by atoms with van der Waals surface area (Å²) in [6.45, 7) is -0.452. The lowest BCUT2D eigenvalue weighted by atomic mass is 10.1. The van der Waals surface area contributed by atoms with Gasteiger partial charge >= 0.3 is 6.18 Å². The van der Waals surface area contributed by atoms with Crippen LogP contribution in [0.5, 0.6) is 5.75 Å². The lowest BCUT2D eigenvalue weighted by Gasteiger charge is -2.09. The largest absolute Gasteiger partial charge is 0.485 e. The van der Waals surface area contributed by atoms with Gasteiger partial charge in [-0.05, 0) is 30.3 Å². The SMILES string of the molecule is O=C(COc1ccccc1)c1ccc(C(F)(F)F)cc1F. The molecule has 0 aliphatic rings. The molecular weight excluding hydrogens is 288 g/mol. The van der Waals surface area contributed by atoms with E-state index < -0.39 is 35.5 Å². The van der Waals surface area contributed by atoms with Gasteiger partial charge in [-0.15, -0.1) is 0 Å². The minimum absolute atomic E-state index is 0.301. The average molecular weight is 298 g/mol. The third-order valence-corrected chi connectivity index (χ3v) is 2.71. The first kappa shape index (κ1) is 15.0. The van der Waals surface area contributed by atoms with Crippen LogP contribution in [0.2, 0.25) is 0 Å². The van der Waals surface area contributed by atoms with Crippen LogP contribution in [0.25, 0.3) is 0 Å². The number of rotatable bonds is 4. The highest BCUT2D eigenvalue weighted by Gasteiger charge is 2.31. The fourth-order valence-electron chi connectivity index (χ4n) is 1.66. The van der Waals surface area contributed by atoms with Crippen molar-refractivity contribution < 1.29 is 27.1 Å². The number of ketones is 1. The molecule has 0 bridgehead atoms. The van der Waals surface area contributed by atoms with E-state index in [4.69, 9.17) is 4.74 Å². The van der Waals surface area contributed by atoms with Crippen molar-refractivity contribution in [2.75, 3.05) is 6.61 Å². The van der Waals surface area contributed by atoms with E-state index in [1.807, 2.05) is 0 Å². The summed E-state index contributed by atoms with van der Waals surface area (Å²) in [5.74, 6) is -1.53. The number of halogens is 4. The zero-order chi connectivity index (χ0) is 15.5. The molecule has 2 aromatic rings. The molecule has 0 unspecified atom stereocenters. The average Bonchev–Trinajstić information content (AvgIpc) is 2.45. The first-order valence-corrected chi connectivity index (χ1v) is 5.96. The summed E-state index contributed by atoms with van der Waals surface area (Å²) in [7, 11) is 0. The Balaban J connectivity index is 2.09. The lowest BCUT2D eigenvalue weighted by molar-refractivity contribution is -0.137. The second-order valence-electron chi connectivity index (χ2n) is 4.22. The fourth-order valence-corrected chi connectivity index (χ4v) is 1.66. The summed E-state index contributed by atoms with van der Waals surface area (Å²) in [6, 6.07) is 10.1. The van der Waals surface area contributed by atoms with E-state index in [9.17, 15) is 22.4 Å². The van der Waals surface area contributed by atoms with Gasteiger partial charge in [-0.2, -0.15) is 13.2 Å². The van der Waals surface area contributed by atoms with Gasteiger partial charge in [-0.3, -0.25) is 4.79 Å². The molecule has 0 heterocycles. The van der Waals surface area contributed by atoms with Crippen molar-refractivity contribution in [2.24, 2.45) is 0 Å². The topological polar surface area (TPSA) is 26.3 Å². The molecule has 0 aliphatic carbocycles. The molecule has 21 heavy (non-hydrogen) atoms. The van der Waals surface area contributed by atoms with E-state index in [2.05, 4.69) is 0 Å². The van der Waals surface area contributed by atoms with Crippen LogP contribution in [0.3, 0.4) is 0 Å². The van der Waals surface area contributed by atoms with Crippen LogP contribution < -0.4 is 4.74 Å².